The van der Waals surface area contributed by atoms with Crippen LogP contribution in [0, 0.1) is 5.92 Å². The summed E-state index contributed by atoms with van der Waals surface area (Å²) in [6.07, 6.45) is 3.49. The monoisotopic (exact) mass is 1390 g/mol. The lowest BCUT2D eigenvalue weighted by molar-refractivity contribution is -0.255. The van der Waals surface area contributed by atoms with E-state index < -0.39 is 163 Å². The fraction of sp³-hybridized carbons (Fsp3) is 0.656. The number of nitrogens with two attached hydrogens (primary N) is 3. The minimum absolute atomic E-state index is 0.00729. The molecule has 1 fully saturated rings. The highest BCUT2D eigenvalue weighted by atomic mass is 32.2. The van der Waals surface area contributed by atoms with Gasteiger partial charge in [0.15, 0.2) is 5.96 Å². The number of primary amides is 1. The molecule has 11 amide bonds. The number of ether oxygens (including phenoxy) is 1. The van der Waals surface area contributed by atoms with Crippen LogP contribution in [-0.2, 0) is 88.4 Å². The second kappa shape index (κ2) is 42.2. The number of carbonyl (C=O) groups is 13. The third-order valence-corrected chi connectivity index (χ3v) is 17.9. The van der Waals surface area contributed by atoms with Crippen LogP contribution in [0.5, 0.6) is 5.75 Å². The number of carbonyl (C=O) groups excluding carboxylic acids is 12. The molecule has 4 bridgehead atoms. The van der Waals surface area contributed by atoms with Gasteiger partial charge in [-0.25, -0.2) is 4.79 Å². The van der Waals surface area contributed by atoms with E-state index in [1.165, 1.54) is 42.3 Å². The third-order valence-electron chi connectivity index (χ3n) is 15.7. The van der Waals surface area contributed by atoms with Gasteiger partial charge in [0.2, 0.25) is 59.1 Å². The number of hydrogen-bond acceptors (Lipinski definition) is 21. The van der Waals surface area contributed by atoms with Gasteiger partial charge >= 0.3 is 11.9 Å². The molecular formula is C61H95N15O18S2. The van der Waals surface area contributed by atoms with Crippen LogP contribution in [0.4, 0.5) is 0 Å². The van der Waals surface area contributed by atoms with E-state index in [4.69, 9.17) is 26.8 Å². The molecule has 0 aliphatic carbocycles. The van der Waals surface area contributed by atoms with Crippen molar-refractivity contribution in [1.29, 1.82) is 0 Å². The molecule has 0 unspecified atom stereocenters. The van der Waals surface area contributed by atoms with Gasteiger partial charge in [0.25, 0.3) is 5.91 Å². The summed E-state index contributed by atoms with van der Waals surface area (Å²) in [5, 5.41) is 36.5. The summed E-state index contributed by atoms with van der Waals surface area (Å²) in [4.78, 5) is 199. The zero-order chi connectivity index (χ0) is 70.9. The Balaban J connectivity index is 1.85. The number of guanidine groups is 1. The van der Waals surface area contributed by atoms with Gasteiger partial charge in [0.1, 0.15) is 79.0 Å². The van der Waals surface area contributed by atoms with Crippen LogP contribution in [0.2, 0.25) is 0 Å². The van der Waals surface area contributed by atoms with E-state index >= 15 is 4.79 Å². The molecule has 33 nitrogen and oxygen atoms in total. The Labute approximate surface area is 565 Å². The number of unbranched alkanes of at least 4 members (excludes halogenated alkanes) is 1. The second-order valence-corrected chi connectivity index (χ2v) is 25.5. The Kier molecular flexibility index (Phi) is 35.1. The number of hydrogen-bond donors (Lipinski definition) is 13. The zero-order valence-corrected chi connectivity index (χ0v) is 56.8. The number of aliphatic carboxylic acids is 1. The maximum Gasteiger partial charge on any atom is 0.344 e. The average molecular weight is 1390 g/mol. The van der Waals surface area contributed by atoms with Crippen molar-refractivity contribution < 1.29 is 86.8 Å². The molecule has 96 heavy (non-hydrogen) atoms. The smallest absolute Gasteiger partial charge is 0.344 e. The van der Waals surface area contributed by atoms with Gasteiger partial charge in [0, 0.05) is 42.5 Å². The van der Waals surface area contributed by atoms with Crippen molar-refractivity contribution in [3.63, 3.8) is 0 Å². The molecule has 16 N–H and O–H groups in total. The Bertz CT molecular complexity index is 2920. The van der Waals surface area contributed by atoms with Gasteiger partial charge in [-0.05, 0) is 107 Å². The number of aliphatic imine (C=N–C) groups is 1. The molecule has 1 aromatic carbocycles. The summed E-state index contributed by atoms with van der Waals surface area (Å²) in [5.41, 5.74) is 18.3. The van der Waals surface area contributed by atoms with Crippen molar-refractivity contribution in [3.8, 4) is 5.75 Å². The summed E-state index contributed by atoms with van der Waals surface area (Å²) in [6.45, 7) is 8.28. The highest BCUT2D eigenvalue weighted by Gasteiger charge is 2.41. The first-order chi connectivity index (χ1) is 45.7. The Morgan fingerprint density at radius 3 is 1.92 bits per heavy atom. The van der Waals surface area contributed by atoms with Gasteiger partial charge in [-0.1, -0.05) is 51.3 Å². The normalized spacial score (nSPS) is 25.8. The summed E-state index contributed by atoms with van der Waals surface area (Å²) >= 11 is 2.44. The molecule has 0 spiro atoms. The first-order valence-corrected chi connectivity index (χ1v) is 34.5. The number of oxime groups is 1. The number of rotatable bonds is 16. The van der Waals surface area contributed by atoms with Crippen LogP contribution in [0.25, 0.3) is 0 Å². The van der Waals surface area contributed by atoms with E-state index in [9.17, 15) is 62.6 Å². The number of thioether (sulfide) groups is 2. The maximum atomic E-state index is 15.2. The number of fused-ring (bicyclic) bond motifs is 6. The highest BCUT2D eigenvalue weighted by Crippen LogP contribution is 2.27. The first-order valence-electron chi connectivity index (χ1n) is 32.2. The summed E-state index contributed by atoms with van der Waals surface area (Å²) in [7, 11) is 1.03. The Hall–Kier alpha value is -8.47. The summed E-state index contributed by atoms with van der Waals surface area (Å²) < 4.78 is 6.26. The lowest BCUT2D eigenvalue weighted by Gasteiger charge is -2.31. The van der Waals surface area contributed by atoms with Crippen LogP contribution in [-0.4, -0.2) is 204 Å². The van der Waals surface area contributed by atoms with Crippen molar-refractivity contribution in [3.05, 3.63) is 29.3 Å². The molecule has 3 aliphatic rings. The number of nitrogens with zero attached hydrogens (tertiary/aromatic N) is 3. The molecular weight excluding hydrogens is 1290 g/mol. The van der Waals surface area contributed by atoms with Gasteiger partial charge in [-0.2, -0.15) is 28.4 Å². The molecule has 11 atom stereocenters. The van der Waals surface area contributed by atoms with Crippen molar-refractivity contribution in [2.24, 2.45) is 33.3 Å². The van der Waals surface area contributed by atoms with E-state index in [2.05, 4.69) is 67.8 Å². The molecule has 534 valence electrons. The molecule has 0 radical (unpaired) electrons. The zero-order valence-electron chi connectivity index (χ0n) is 55.2. The van der Waals surface area contributed by atoms with E-state index in [0.29, 0.717) is 55.6 Å². The lowest BCUT2D eigenvalue weighted by atomic mass is 9.97. The van der Waals surface area contributed by atoms with Gasteiger partial charge in [0.05, 0.1) is 20.1 Å². The van der Waals surface area contributed by atoms with Crippen LogP contribution in [0.3, 0.4) is 0 Å². The van der Waals surface area contributed by atoms with Crippen LogP contribution in [0.1, 0.15) is 142 Å². The SMILES string of the molecule is CCCC[C@@H]1NC(=O)[C@@H]2CCCN2C(=O)[C@@H]2CSCc3cc(cc(c3)OCCCCCCO/N=C/C(=O)N[C@@H](CCCN=C(N)N)C(=O)N2)CSC[C@@H](C(N)=O)NC(=O)[C@H](CCC(=O)O)NC(=O)[C@H](C)NC(=O)[C@H](C)NC(=O)[C@H]([C@@H](C)CC)NC(=O)[C@H](CC(=O)OOC)NC1=O. The highest BCUT2D eigenvalue weighted by molar-refractivity contribution is 7.98. The van der Waals surface area contributed by atoms with E-state index in [-0.39, 0.29) is 80.8 Å². The summed E-state index contributed by atoms with van der Waals surface area (Å²) in [6, 6.07) is -8.69. The standard InChI is InChI=1S/C61H95N15O18S2/c1-7-9-16-41-55(85)72-43(28-49(80)94-91-6)57(87)75-50(34(3)8-2)59(89)68-35(4)52(82)67-36(5)53(83)70-42(19-20-48(78)79)56(86)73-44(51(62)81)32-95-30-37-25-38-27-39(26-37)92-23-12-10-11-13-24-93-66-29-47(77)69-40(17-14-21-65-61(63)64)54(84)74-45(33-96-31-38)60(90)76-22-15-18-46(76)58(88)71-41/h25-27,29,34-36,40-46,50H,7-24,28,30-33H2,1-6H3,(H2,62,81)(H,67,82)(H,68,89)(H,69,77)(H,70,83)(H,71,88)(H,72,85)(H,73,86)(H,74,84)(H,75,87)(H,78,79)(H4,63,64,65)/b66-29+/t34-,35-,36-,40-,41-,42-,43-,44-,45-,46-,50-/m0/s1. The van der Waals surface area contributed by atoms with Crippen LogP contribution >= 0.6 is 23.5 Å². The lowest BCUT2D eigenvalue weighted by Crippen LogP contribution is -2.61. The number of amides is 11. The van der Waals surface area contributed by atoms with Gasteiger partial charge in [-0.15, -0.1) is 0 Å². The van der Waals surface area contributed by atoms with Crippen molar-refractivity contribution in [2.45, 2.75) is 203 Å². The van der Waals surface area contributed by atoms with Crippen LogP contribution in [0.15, 0.2) is 28.3 Å². The van der Waals surface area contributed by atoms with E-state index in [0.717, 1.165) is 26.2 Å². The minimum atomic E-state index is -1.78. The van der Waals surface area contributed by atoms with E-state index in [1.54, 1.807) is 19.9 Å². The Morgan fingerprint density at radius 1 is 0.688 bits per heavy atom. The number of nitrogens with one attached hydrogen (secondary N) is 9. The number of carboxylic acid groups (broad SMARTS) is 1. The molecule has 3 aliphatic heterocycles. The largest absolute Gasteiger partial charge is 0.494 e. The third kappa shape index (κ3) is 28.1. The van der Waals surface area contributed by atoms with Crippen LogP contribution < -0.4 is 69.8 Å². The fourth-order valence-corrected chi connectivity index (χ4v) is 12.2. The topological polar surface area (TPSA) is 493 Å². The maximum absolute atomic E-state index is 15.2. The van der Waals surface area contributed by atoms with Crippen molar-refractivity contribution >= 4 is 113 Å². The molecule has 3 heterocycles. The predicted molar refractivity (Wildman–Crippen MR) is 353 cm³/mol. The molecule has 4 rings (SSSR count). The summed E-state index contributed by atoms with van der Waals surface area (Å²) in [5.74, 6) is -12.3. The minimum Gasteiger partial charge on any atom is -0.494 e. The van der Waals surface area contributed by atoms with Crippen molar-refractivity contribution in [2.75, 3.05) is 44.9 Å². The molecule has 1 aromatic rings. The fourth-order valence-electron chi connectivity index (χ4n) is 10.2. The average Bonchev–Trinajstić information content (AvgIpc) is 1.50. The molecule has 35 heteroatoms. The first kappa shape index (κ1) is 80.0. The number of carboxylic acids is 1. The van der Waals surface area contributed by atoms with Gasteiger partial charge in [-0.3, -0.25) is 67.4 Å². The quantitative estimate of drug-likeness (QED) is 0.0299. The van der Waals surface area contributed by atoms with Gasteiger partial charge < -0.3 is 84.6 Å². The number of benzene rings is 1. The molecule has 0 aromatic heterocycles. The second-order valence-electron chi connectivity index (χ2n) is 23.5. The molecule has 1 saturated heterocycles. The van der Waals surface area contributed by atoms with E-state index in [1.807, 2.05) is 19.1 Å². The predicted octanol–water partition coefficient (Wildman–Crippen LogP) is -1.35. The van der Waals surface area contributed by atoms with Crippen molar-refractivity contribution in [1.82, 2.24) is 52.8 Å². The Morgan fingerprint density at radius 2 is 1.27 bits per heavy atom. The molecule has 0 saturated carbocycles.